The van der Waals surface area contributed by atoms with Gasteiger partial charge in [0.15, 0.2) is 6.61 Å². The normalized spacial score (nSPS) is 11.2. The highest BCUT2D eigenvalue weighted by Gasteiger charge is 2.28. The monoisotopic (exact) mass is 626 g/mol. The summed E-state index contributed by atoms with van der Waals surface area (Å²) in [5, 5.41) is 0.353. The number of ketones is 1. The molecule has 1 heterocycles. The Morgan fingerprint density at radius 3 is 2.26 bits per heavy atom. The predicted octanol–water partition coefficient (Wildman–Crippen LogP) is 6.83. The van der Waals surface area contributed by atoms with Gasteiger partial charge in [-0.15, -0.1) is 6.58 Å². The number of rotatable bonds is 11. The molecule has 11 heteroatoms. The number of hydrogen-bond donors (Lipinski definition) is 0. The number of methoxy groups -OCH3 is 1. The van der Waals surface area contributed by atoms with E-state index in [9.17, 15) is 18.0 Å². The number of hydrogen-bond acceptors (Lipinski definition) is 6. The van der Waals surface area contributed by atoms with Gasteiger partial charge >= 0.3 is 5.97 Å². The van der Waals surface area contributed by atoms with Gasteiger partial charge in [-0.3, -0.25) is 9.10 Å². The van der Waals surface area contributed by atoms with Crippen LogP contribution in [0.1, 0.15) is 32.1 Å². The molecule has 0 fully saturated rings. The SMILES string of the molecule is C=CCN(c1ccc(Cl)cc1)S(=O)(=O)c1cc(C(=O)OCC(=O)c2cc(C)n(-c3ccc(OC)cc3)c2C)ccc1Cl. The second-order valence-corrected chi connectivity index (χ2v) is 11.9. The smallest absolute Gasteiger partial charge is 0.338 e. The molecule has 0 saturated carbocycles. The van der Waals surface area contributed by atoms with E-state index in [2.05, 4.69) is 6.58 Å². The van der Waals surface area contributed by atoms with Crippen molar-refractivity contribution in [1.82, 2.24) is 4.57 Å². The summed E-state index contributed by atoms with van der Waals surface area (Å²) >= 11 is 12.2. The fourth-order valence-corrected chi connectivity index (χ4v) is 6.54. The van der Waals surface area contributed by atoms with Gasteiger partial charge < -0.3 is 14.0 Å². The fraction of sp³-hybridized carbons (Fsp3) is 0.161. The number of carbonyl (C=O) groups excluding carboxylic acids is 2. The highest BCUT2D eigenvalue weighted by atomic mass is 35.5. The van der Waals surface area contributed by atoms with Crippen molar-refractivity contribution >= 4 is 50.7 Å². The molecule has 218 valence electrons. The van der Waals surface area contributed by atoms with Crippen LogP contribution in [0.2, 0.25) is 10.0 Å². The zero-order valence-corrected chi connectivity index (χ0v) is 25.5. The number of benzene rings is 3. The average molecular weight is 628 g/mol. The molecule has 1 aromatic heterocycles. The van der Waals surface area contributed by atoms with Gasteiger partial charge in [-0.05, 0) is 86.6 Å². The summed E-state index contributed by atoms with van der Waals surface area (Å²) in [6, 6.07) is 19.1. The fourth-order valence-electron chi connectivity index (χ4n) is 4.48. The molecular weight excluding hydrogens is 599 g/mol. The third-order valence-corrected chi connectivity index (χ3v) is 9.07. The van der Waals surface area contributed by atoms with E-state index in [0.717, 1.165) is 21.8 Å². The first-order chi connectivity index (χ1) is 20.0. The summed E-state index contributed by atoms with van der Waals surface area (Å²) < 4.78 is 40.8. The number of ether oxygens (including phenoxy) is 2. The Hall–Kier alpha value is -4.05. The highest BCUT2D eigenvalue weighted by Crippen LogP contribution is 2.30. The number of halogens is 2. The van der Waals surface area contributed by atoms with Crippen molar-refractivity contribution in [2.75, 3.05) is 24.6 Å². The van der Waals surface area contributed by atoms with Gasteiger partial charge in [0.05, 0.1) is 29.9 Å². The first-order valence-electron chi connectivity index (χ1n) is 12.7. The number of nitrogens with zero attached hydrogens (tertiary/aromatic N) is 2. The van der Waals surface area contributed by atoms with Crippen molar-refractivity contribution in [3.05, 3.63) is 118 Å². The third kappa shape index (κ3) is 6.38. The second-order valence-electron chi connectivity index (χ2n) is 9.26. The molecule has 42 heavy (non-hydrogen) atoms. The zero-order chi connectivity index (χ0) is 30.6. The lowest BCUT2D eigenvalue weighted by Gasteiger charge is -2.24. The lowest BCUT2D eigenvalue weighted by Crippen LogP contribution is -2.31. The molecule has 0 bridgehead atoms. The van der Waals surface area contributed by atoms with Crippen LogP contribution in [0.25, 0.3) is 5.69 Å². The topological polar surface area (TPSA) is 94.9 Å². The molecule has 0 amide bonds. The lowest BCUT2D eigenvalue weighted by molar-refractivity contribution is 0.0474. The van der Waals surface area contributed by atoms with Crippen LogP contribution in [0.15, 0.2) is 90.3 Å². The van der Waals surface area contributed by atoms with Crippen LogP contribution in [0.5, 0.6) is 5.75 Å². The van der Waals surface area contributed by atoms with Gasteiger partial charge in [0.2, 0.25) is 5.78 Å². The average Bonchev–Trinajstić information content (AvgIpc) is 3.28. The number of esters is 1. The van der Waals surface area contributed by atoms with Crippen LogP contribution in [-0.4, -0.2) is 45.0 Å². The quantitative estimate of drug-likeness (QED) is 0.103. The van der Waals surface area contributed by atoms with Crippen molar-refractivity contribution < 1.29 is 27.5 Å². The van der Waals surface area contributed by atoms with E-state index in [-0.39, 0.29) is 22.0 Å². The van der Waals surface area contributed by atoms with Gasteiger partial charge in [-0.2, -0.15) is 0 Å². The summed E-state index contributed by atoms with van der Waals surface area (Å²) in [6.45, 7) is 6.72. The lowest BCUT2D eigenvalue weighted by atomic mass is 10.1. The maximum atomic E-state index is 13.6. The Labute approximate surface area is 254 Å². The van der Waals surface area contributed by atoms with E-state index >= 15 is 0 Å². The summed E-state index contributed by atoms with van der Waals surface area (Å²) in [5.41, 5.74) is 3.01. The van der Waals surface area contributed by atoms with Crippen molar-refractivity contribution in [1.29, 1.82) is 0 Å². The van der Waals surface area contributed by atoms with Gasteiger partial charge in [-0.25, -0.2) is 13.2 Å². The Bertz CT molecular complexity index is 1750. The Morgan fingerprint density at radius 2 is 1.64 bits per heavy atom. The first-order valence-corrected chi connectivity index (χ1v) is 14.9. The Kier molecular flexibility index (Phi) is 9.46. The minimum absolute atomic E-state index is 0.0571. The number of anilines is 1. The molecule has 0 atom stereocenters. The summed E-state index contributed by atoms with van der Waals surface area (Å²) in [7, 11) is -2.64. The van der Waals surface area contributed by atoms with Crippen LogP contribution < -0.4 is 9.04 Å². The molecule has 0 N–H and O–H groups in total. The largest absolute Gasteiger partial charge is 0.497 e. The van der Waals surface area contributed by atoms with Crippen molar-refractivity contribution in [2.24, 2.45) is 0 Å². The van der Waals surface area contributed by atoms with E-state index in [1.165, 1.54) is 18.2 Å². The van der Waals surface area contributed by atoms with E-state index in [1.807, 2.05) is 35.8 Å². The number of Topliss-reactive ketones (excluding diaryl/α,β-unsaturated/α-hetero) is 1. The molecule has 4 rings (SSSR count). The molecule has 8 nitrogen and oxygen atoms in total. The first kappa shape index (κ1) is 30.9. The summed E-state index contributed by atoms with van der Waals surface area (Å²) in [4.78, 5) is 25.7. The van der Waals surface area contributed by atoms with Gasteiger partial charge in [0.25, 0.3) is 10.0 Å². The molecule has 0 aliphatic carbocycles. The van der Waals surface area contributed by atoms with Crippen LogP contribution in [-0.2, 0) is 14.8 Å². The van der Waals surface area contributed by atoms with Crippen LogP contribution in [0.3, 0.4) is 0 Å². The van der Waals surface area contributed by atoms with Crippen LogP contribution in [0, 0.1) is 13.8 Å². The zero-order valence-electron chi connectivity index (χ0n) is 23.1. The van der Waals surface area contributed by atoms with E-state index in [1.54, 1.807) is 44.4 Å². The van der Waals surface area contributed by atoms with E-state index < -0.39 is 28.4 Å². The molecule has 3 aromatic carbocycles. The molecule has 0 spiro atoms. The van der Waals surface area contributed by atoms with Crippen LogP contribution in [0.4, 0.5) is 5.69 Å². The minimum Gasteiger partial charge on any atom is -0.497 e. The molecule has 0 unspecified atom stereocenters. The Balaban J connectivity index is 1.54. The molecule has 0 saturated heterocycles. The minimum atomic E-state index is -4.23. The van der Waals surface area contributed by atoms with Gasteiger partial charge in [0.1, 0.15) is 10.6 Å². The molecule has 0 aliphatic rings. The molecule has 0 radical (unpaired) electrons. The second kappa shape index (κ2) is 12.9. The highest BCUT2D eigenvalue weighted by molar-refractivity contribution is 7.93. The number of sulfonamides is 1. The third-order valence-electron chi connectivity index (χ3n) is 6.54. The van der Waals surface area contributed by atoms with Crippen LogP contribution >= 0.6 is 23.2 Å². The maximum absolute atomic E-state index is 13.6. The van der Waals surface area contributed by atoms with Crippen molar-refractivity contribution in [3.8, 4) is 11.4 Å². The number of aromatic nitrogens is 1. The predicted molar refractivity (Wildman–Crippen MR) is 164 cm³/mol. The molecular formula is C31H28Cl2N2O6S. The van der Waals surface area contributed by atoms with Crippen molar-refractivity contribution in [2.45, 2.75) is 18.7 Å². The number of aryl methyl sites for hydroxylation is 1. The molecule has 0 aliphatic heterocycles. The number of carbonyl (C=O) groups is 2. The summed E-state index contributed by atoms with van der Waals surface area (Å²) in [6.07, 6.45) is 1.43. The van der Waals surface area contributed by atoms with Gasteiger partial charge in [0, 0.05) is 27.7 Å². The van der Waals surface area contributed by atoms with E-state index in [4.69, 9.17) is 32.7 Å². The standard InChI is InChI=1S/C31H28Cl2N2O6S/c1-5-16-34(24-9-7-23(32)8-10-24)42(38,39)30-18-22(6-15-28(30)33)31(37)41-19-29(36)27-17-20(2)35(21(27)3)25-11-13-26(40-4)14-12-25/h5-15,17-18H,1,16,19H2,2-4H3. The molecule has 4 aromatic rings. The van der Waals surface area contributed by atoms with Crippen molar-refractivity contribution in [3.63, 3.8) is 0 Å². The van der Waals surface area contributed by atoms with E-state index in [0.29, 0.717) is 27.7 Å². The maximum Gasteiger partial charge on any atom is 0.338 e. The van der Waals surface area contributed by atoms with Gasteiger partial charge in [-0.1, -0.05) is 29.3 Å². The summed E-state index contributed by atoms with van der Waals surface area (Å²) in [5.74, 6) is -0.568. The Morgan fingerprint density at radius 1 is 0.976 bits per heavy atom.